The first-order chi connectivity index (χ1) is 8.67. The molecule has 18 heavy (non-hydrogen) atoms. The second-order valence-electron chi connectivity index (χ2n) is 3.88. The number of anilines is 1. The fourth-order valence-electron chi connectivity index (χ4n) is 1.58. The molecule has 0 saturated heterocycles. The third kappa shape index (κ3) is 3.33. The number of aliphatic carboxylic acids is 1. The normalized spacial score (nSPS) is 10.5. The lowest BCUT2D eigenvalue weighted by Gasteiger charge is -2.00. The van der Waals surface area contributed by atoms with Crippen LogP contribution in [0, 0.1) is 0 Å². The van der Waals surface area contributed by atoms with E-state index in [0.717, 1.165) is 22.0 Å². The Morgan fingerprint density at radius 1 is 1.50 bits per heavy atom. The second-order valence-corrected chi connectivity index (χ2v) is 5.13. The summed E-state index contributed by atoms with van der Waals surface area (Å²) in [6.45, 7) is 3.58. The van der Waals surface area contributed by atoms with E-state index in [4.69, 9.17) is 5.11 Å². The van der Waals surface area contributed by atoms with Crippen molar-refractivity contribution in [2.45, 2.75) is 26.4 Å². The van der Waals surface area contributed by atoms with Crippen LogP contribution in [-0.4, -0.2) is 20.9 Å². The van der Waals surface area contributed by atoms with Crippen LogP contribution < -0.4 is 5.32 Å². The Kier molecular flexibility index (Phi) is 3.99. The summed E-state index contributed by atoms with van der Waals surface area (Å²) < 4.78 is 1.85. The van der Waals surface area contributed by atoms with Gasteiger partial charge in [-0.15, -0.1) is 11.3 Å². The molecule has 0 aliphatic heterocycles. The predicted molar refractivity (Wildman–Crippen MR) is 70.9 cm³/mol. The van der Waals surface area contributed by atoms with Crippen LogP contribution in [0.5, 0.6) is 0 Å². The van der Waals surface area contributed by atoms with Gasteiger partial charge in [0.05, 0.1) is 18.3 Å². The molecule has 0 saturated carbocycles. The lowest BCUT2D eigenvalue weighted by atomic mass is 10.3. The minimum Gasteiger partial charge on any atom is -0.481 e. The van der Waals surface area contributed by atoms with Gasteiger partial charge in [0.15, 0.2) is 0 Å². The first-order valence-corrected chi connectivity index (χ1v) is 6.54. The molecule has 0 spiro atoms. The summed E-state index contributed by atoms with van der Waals surface area (Å²) in [5.74, 6) is -0.791. The van der Waals surface area contributed by atoms with Gasteiger partial charge in [0.2, 0.25) is 0 Å². The predicted octanol–water partition coefficient (Wildman–Crippen LogP) is 2.20. The molecule has 2 aromatic heterocycles. The van der Waals surface area contributed by atoms with Crippen molar-refractivity contribution in [3.05, 3.63) is 34.3 Å². The SMILES string of the molecule is CCn1cc(NCc2ccc(CC(=O)O)s2)cn1. The maximum absolute atomic E-state index is 10.6. The minimum absolute atomic E-state index is 0.0957. The van der Waals surface area contributed by atoms with E-state index in [1.54, 1.807) is 6.20 Å². The monoisotopic (exact) mass is 265 g/mol. The van der Waals surface area contributed by atoms with Gasteiger partial charge >= 0.3 is 5.97 Å². The Labute approximate surface area is 109 Å². The number of carboxylic acids is 1. The quantitative estimate of drug-likeness (QED) is 0.840. The number of thiophene rings is 1. The van der Waals surface area contributed by atoms with Gasteiger partial charge in [0.25, 0.3) is 0 Å². The van der Waals surface area contributed by atoms with Crippen molar-refractivity contribution >= 4 is 23.0 Å². The summed E-state index contributed by atoms with van der Waals surface area (Å²) in [4.78, 5) is 12.6. The smallest absolute Gasteiger partial charge is 0.308 e. The lowest BCUT2D eigenvalue weighted by molar-refractivity contribution is -0.136. The van der Waals surface area contributed by atoms with E-state index in [1.807, 2.05) is 29.9 Å². The van der Waals surface area contributed by atoms with Gasteiger partial charge in [-0.3, -0.25) is 9.48 Å². The van der Waals surface area contributed by atoms with Gasteiger partial charge < -0.3 is 10.4 Å². The highest BCUT2D eigenvalue weighted by molar-refractivity contribution is 7.12. The highest BCUT2D eigenvalue weighted by atomic mass is 32.1. The number of nitrogens with zero attached hydrogens (tertiary/aromatic N) is 2. The average Bonchev–Trinajstić information content (AvgIpc) is 2.94. The molecule has 2 aromatic rings. The summed E-state index contributed by atoms with van der Waals surface area (Å²) in [5.41, 5.74) is 0.977. The van der Waals surface area contributed by atoms with Crippen molar-refractivity contribution < 1.29 is 9.90 Å². The molecule has 0 amide bonds. The average molecular weight is 265 g/mol. The van der Waals surface area contributed by atoms with E-state index >= 15 is 0 Å². The number of hydrogen-bond acceptors (Lipinski definition) is 4. The van der Waals surface area contributed by atoms with Crippen LogP contribution in [0.15, 0.2) is 24.5 Å². The van der Waals surface area contributed by atoms with Crippen LogP contribution >= 0.6 is 11.3 Å². The number of rotatable bonds is 6. The largest absolute Gasteiger partial charge is 0.481 e. The molecule has 0 aliphatic carbocycles. The van der Waals surface area contributed by atoms with Gasteiger partial charge in [-0.05, 0) is 19.1 Å². The molecule has 0 bridgehead atoms. The maximum atomic E-state index is 10.6. The number of carbonyl (C=O) groups is 1. The molecule has 0 aliphatic rings. The van der Waals surface area contributed by atoms with Gasteiger partial charge in [0, 0.05) is 29.0 Å². The molecule has 0 atom stereocenters. The highest BCUT2D eigenvalue weighted by Crippen LogP contribution is 2.18. The van der Waals surface area contributed by atoms with E-state index < -0.39 is 5.97 Å². The van der Waals surface area contributed by atoms with E-state index in [9.17, 15) is 4.79 Å². The number of aromatic nitrogens is 2. The molecule has 2 N–H and O–H groups in total. The van der Waals surface area contributed by atoms with Crippen molar-refractivity contribution in [1.82, 2.24) is 9.78 Å². The van der Waals surface area contributed by atoms with Crippen LogP contribution in [0.1, 0.15) is 16.7 Å². The van der Waals surface area contributed by atoms with Crippen molar-refractivity contribution in [3.8, 4) is 0 Å². The number of hydrogen-bond donors (Lipinski definition) is 2. The highest BCUT2D eigenvalue weighted by Gasteiger charge is 2.05. The van der Waals surface area contributed by atoms with Gasteiger partial charge in [-0.25, -0.2) is 0 Å². The molecule has 0 unspecified atom stereocenters. The summed E-state index contributed by atoms with van der Waals surface area (Å²) in [6.07, 6.45) is 3.83. The van der Waals surface area contributed by atoms with E-state index in [-0.39, 0.29) is 6.42 Å². The molecule has 0 radical (unpaired) electrons. The van der Waals surface area contributed by atoms with Gasteiger partial charge in [-0.1, -0.05) is 0 Å². The van der Waals surface area contributed by atoms with Crippen molar-refractivity contribution in [2.75, 3.05) is 5.32 Å². The zero-order valence-electron chi connectivity index (χ0n) is 10.1. The molecule has 5 nitrogen and oxygen atoms in total. The third-order valence-corrected chi connectivity index (χ3v) is 3.55. The number of aryl methyl sites for hydroxylation is 1. The lowest BCUT2D eigenvalue weighted by Crippen LogP contribution is -1.97. The van der Waals surface area contributed by atoms with Crippen molar-refractivity contribution in [1.29, 1.82) is 0 Å². The second kappa shape index (κ2) is 5.68. The van der Waals surface area contributed by atoms with Crippen molar-refractivity contribution in [3.63, 3.8) is 0 Å². The Hall–Kier alpha value is -1.82. The molecule has 96 valence electrons. The Balaban J connectivity index is 1.89. The first-order valence-electron chi connectivity index (χ1n) is 5.73. The molecule has 0 aromatic carbocycles. The number of carboxylic acid groups (broad SMARTS) is 1. The van der Waals surface area contributed by atoms with Crippen LogP contribution in [0.25, 0.3) is 0 Å². The summed E-state index contributed by atoms with van der Waals surface area (Å²) in [6, 6.07) is 3.82. The molecule has 0 fully saturated rings. The van der Waals surface area contributed by atoms with Gasteiger partial charge in [0.1, 0.15) is 0 Å². The fourth-order valence-corrected chi connectivity index (χ4v) is 2.53. The summed E-state index contributed by atoms with van der Waals surface area (Å²) in [5, 5.41) is 16.1. The molecular formula is C12H15N3O2S. The van der Waals surface area contributed by atoms with Crippen LogP contribution in [0.2, 0.25) is 0 Å². The van der Waals surface area contributed by atoms with E-state index in [1.165, 1.54) is 11.3 Å². The molecule has 2 heterocycles. The zero-order valence-corrected chi connectivity index (χ0v) is 10.9. The molecule has 2 rings (SSSR count). The van der Waals surface area contributed by atoms with Crippen LogP contribution in [0.4, 0.5) is 5.69 Å². The molecule has 6 heteroatoms. The fraction of sp³-hybridized carbons (Fsp3) is 0.333. The van der Waals surface area contributed by atoms with Crippen LogP contribution in [0.3, 0.4) is 0 Å². The van der Waals surface area contributed by atoms with E-state index in [0.29, 0.717) is 6.54 Å². The minimum atomic E-state index is -0.791. The Morgan fingerprint density at radius 2 is 2.28 bits per heavy atom. The zero-order chi connectivity index (χ0) is 13.0. The topological polar surface area (TPSA) is 67.2 Å². The number of nitrogens with one attached hydrogen (secondary N) is 1. The third-order valence-electron chi connectivity index (χ3n) is 2.47. The standard InChI is InChI=1S/C12H15N3O2S/c1-2-15-8-9(6-14-15)13-7-11-4-3-10(18-11)5-12(16)17/h3-4,6,8,13H,2,5,7H2,1H3,(H,16,17). The summed E-state index contributed by atoms with van der Waals surface area (Å²) in [7, 11) is 0. The Bertz CT molecular complexity index is 533. The Morgan fingerprint density at radius 3 is 2.94 bits per heavy atom. The van der Waals surface area contributed by atoms with Crippen molar-refractivity contribution in [2.24, 2.45) is 0 Å². The summed E-state index contributed by atoms with van der Waals surface area (Å²) >= 11 is 1.52. The van der Waals surface area contributed by atoms with Crippen LogP contribution in [-0.2, 0) is 24.3 Å². The van der Waals surface area contributed by atoms with Gasteiger partial charge in [-0.2, -0.15) is 5.10 Å². The van der Waals surface area contributed by atoms with E-state index in [2.05, 4.69) is 10.4 Å². The maximum Gasteiger partial charge on any atom is 0.308 e. The molecular weight excluding hydrogens is 250 g/mol. The first kappa shape index (κ1) is 12.6.